The topological polar surface area (TPSA) is 88.2 Å². The molecule has 34 heavy (non-hydrogen) atoms. The van der Waals surface area contributed by atoms with Gasteiger partial charge in [-0.05, 0) is 72.7 Å². The summed E-state index contributed by atoms with van der Waals surface area (Å²) >= 11 is 11.3. The molecule has 0 spiro atoms. The summed E-state index contributed by atoms with van der Waals surface area (Å²) in [4.78, 5) is 28.0. The molecule has 4 rings (SSSR count). The first-order valence-corrected chi connectivity index (χ1v) is 11.2. The van der Waals surface area contributed by atoms with Gasteiger partial charge in [0.05, 0.1) is 0 Å². The number of nitrogens with one attached hydrogen (secondary N) is 3. The number of aromatic amines is 1. The van der Waals surface area contributed by atoms with Crippen molar-refractivity contribution in [2.75, 3.05) is 0 Å². The minimum Gasteiger partial charge on any atom is -0.489 e. The third-order valence-corrected chi connectivity index (χ3v) is 5.79. The highest BCUT2D eigenvalue weighted by molar-refractivity contribution is 7.71. The van der Waals surface area contributed by atoms with Gasteiger partial charge in [0.2, 0.25) is 0 Å². The molecule has 0 unspecified atom stereocenters. The van der Waals surface area contributed by atoms with Gasteiger partial charge in [0.1, 0.15) is 18.1 Å². The number of para-hydroxylation sites is 1. The summed E-state index contributed by atoms with van der Waals surface area (Å²) < 4.78 is 7.74. The number of nitrogens with zero attached hydrogens (tertiary/aromatic N) is 1. The van der Waals surface area contributed by atoms with Crippen LogP contribution in [0.3, 0.4) is 0 Å². The van der Waals surface area contributed by atoms with E-state index < -0.39 is 11.8 Å². The van der Waals surface area contributed by atoms with E-state index in [-0.39, 0.29) is 5.69 Å². The molecule has 0 atom stereocenters. The normalized spacial score (nSPS) is 10.5. The van der Waals surface area contributed by atoms with Crippen LogP contribution in [0.1, 0.15) is 32.0 Å². The second-order valence-corrected chi connectivity index (χ2v) is 8.25. The van der Waals surface area contributed by atoms with Crippen LogP contribution in [0.25, 0.3) is 5.69 Å². The Kier molecular flexibility index (Phi) is 7.10. The first-order chi connectivity index (χ1) is 16.4. The Morgan fingerprint density at radius 1 is 1.00 bits per heavy atom. The number of H-pyrrole nitrogens is 1. The lowest BCUT2D eigenvalue weighted by molar-refractivity contribution is 0.0843. The van der Waals surface area contributed by atoms with Gasteiger partial charge in [-0.2, -0.15) is 0 Å². The van der Waals surface area contributed by atoms with Gasteiger partial charge in [-0.15, -0.1) is 0 Å². The molecule has 0 bridgehead atoms. The van der Waals surface area contributed by atoms with Crippen LogP contribution < -0.4 is 15.6 Å². The zero-order valence-corrected chi connectivity index (χ0v) is 19.7. The highest BCUT2D eigenvalue weighted by Crippen LogP contribution is 2.22. The Morgan fingerprint density at radius 3 is 2.41 bits per heavy atom. The maximum atomic E-state index is 12.7. The maximum Gasteiger partial charge on any atom is 0.288 e. The molecule has 0 aliphatic rings. The molecular weight excluding hydrogens is 472 g/mol. The lowest BCUT2D eigenvalue weighted by Gasteiger charge is -2.11. The molecule has 2 amide bonds. The van der Waals surface area contributed by atoms with Gasteiger partial charge in [-0.1, -0.05) is 41.9 Å². The summed E-state index contributed by atoms with van der Waals surface area (Å²) in [7, 11) is 0. The minimum atomic E-state index is -0.507. The molecule has 3 aromatic carbocycles. The highest BCUT2D eigenvalue weighted by Gasteiger charge is 2.15. The minimum absolute atomic E-state index is 0.265. The molecule has 0 fully saturated rings. The van der Waals surface area contributed by atoms with E-state index >= 15 is 0 Å². The van der Waals surface area contributed by atoms with E-state index in [1.165, 1.54) is 6.20 Å². The largest absolute Gasteiger partial charge is 0.489 e. The summed E-state index contributed by atoms with van der Waals surface area (Å²) in [6.45, 7) is 2.25. The van der Waals surface area contributed by atoms with Crippen LogP contribution in [0.5, 0.6) is 5.75 Å². The van der Waals surface area contributed by atoms with Crippen LogP contribution in [-0.4, -0.2) is 21.4 Å². The van der Waals surface area contributed by atoms with E-state index in [1.54, 1.807) is 41.0 Å². The Bertz CT molecular complexity index is 1380. The number of carbonyl (C=O) groups excluding carboxylic acids is 2. The summed E-state index contributed by atoms with van der Waals surface area (Å²) in [6, 6.07) is 21.6. The van der Waals surface area contributed by atoms with Crippen LogP contribution in [0.15, 0.2) is 79.0 Å². The zero-order valence-electron chi connectivity index (χ0n) is 18.2. The molecule has 0 saturated heterocycles. The molecule has 9 heteroatoms. The first kappa shape index (κ1) is 23.3. The molecule has 0 aliphatic carbocycles. The average Bonchev–Trinajstić information content (AvgIpc) is 3.25. The summed E-state index contributed by atoms with van der Waals surface area (Å²) in [5.41, 5.74) is 8.08. The number of aryl methyl sites for hydroxylation is 1. The van der Waals surface area contributed by atoms with Gasteiger partial charge in [0.15, 0.2) is 4.77 Å². The van der Waals surface area contributed by atoms with Crippen LogP contribution >= 0.6 is 23.8 Å². The number of rotatable bonds is 6. The summed E-state index contributed by atoms with van der Waals surface area (Å²) in [6.07, 6.45) is 1.49. The predicted octanol–water partition coefficient (Wildman–Crippen LogP) is 5.15. The smallest absolute Gasteiger partial charge is 0.288 e. The number of amides is 2. The van der Waals surface area contributed by atoms with Crippen LogP contribution in [-0.2, 0) is 6.61 Å². The molecular formula is C25H21ClN4O3S. The molecule has 3 N–H and O–H groups in total. The highest BCUT2D eigenvalue weighted by atomic mass is 35.5. The fraction of sp³-hybridized carbons (Fsp3) is 0.0800. The van der Waals surface area contributed by atoms with E-state index in [0.717, 1.165) is 16.8 Å². The van der Waals surface area contributed by atoms with E-state index in [1.807, 2.05) is 43.3 Å². The fourth-order valence-electron chi connectivity index (χ4n) is 3.24. The van der Waals surface area contributed by atoms with Crippen molar-refractivity contribution in [3.63, 3.8) is 0 Å². The number of halogens is 1. The number of hydrazine groups is 1. The zero-order chi connectivity index (χ0) is 24.1. The Morgan fingerprint density at radius 2 is 1.71 bits per heavy atom. The number of benzene rings is 3. The Labute approximate surface area is 206 Å². The van der Waals surface area contributed by atoms with Gasteiger partial charge in [0.25, 0.3) is 11.8 Å². The number of aromatic nitrogens is 2. The van der Waals surface area contributed by atoms with Crippen molar-refractivity contribution >= 4 is 35.6 Å². The van der Waals surface area contributed by atoms with Crippen molar-refractivity contribution in [1.29, 1.82) is 0 Å². The summed E-state index contributed by atoms with van der Waals surface area (Å²) in [5, 5.41) is 0.686. The van der Waals surface area contributed by atoms with Crippen molar-refractivity contribution in [2.24, 2.45) is 0 Å². The SMILES string of the molecule is Cc1cc(OCc2ccc(C(=O)NNC(=O)c3c[nH]c(=S)n3-c3ccccc3)cc2)ccc1Cl. The standard InChI is InChI=1S/C25H21ClN4O3S/c1-16-13-20(11-12-21(16)26)33-15-17-7-9-18(10-8-17)23(31)28-29-24(32)22-14-27-25(34)30(22)19-5-3-2-4-6-19/h2-14H,15H2,1H3,(H,27,34)(H,28,31)(H,29,32). The fourth-order valence-corrected chi connectivity index (χ4v) is 3.63. The van der Waals surface area contributed by atoms with Crippen molar-refractivity contribution < 1.29 is 14.3 Å². The molecule has 0 radical (unpaired) electrons. The molecule has 172 valence electrons. The van der Waals surface area contributed by atoms with Gasteiger partial charge in [-0.3, -0.25) is 25.0 Å². The molecule has 1 heterocycles. The second kappa shape index (κ2) is 10.4. The van der Waals surface area contributed by atoms with Crippen molar-refractivity contribution in [2.45, 2.75) is 13.5 Å². The number of carbonyl (C=O) groups is 2. The van der Waals surface area contributed by atoms with Crippen LogP contribution in [0, 0.1) is 11.7 Å². The van der Waals surface area contributed by atoms with E-state index in [0.29, 0.717) is 27.7 Å². The average molecular weight is 493 g/mol. The van der Waals surface area contributed by atoms with E-state index in [9.17, 15) is 9.59 Å². The lowest BCUT2D eigenvalue weighted by Crippen LogP contribution is -2.42. The quantitative estimate of drug-likeness (QED) is 0.256. The summed E-state index contributed by atoms with van der Waals surface area (Å²) in [5.74, 6) is -0.242. The monoisotopic (exact) mass is 492 g/mol. The number of hydrogen-bond donors (Lipinski definition) is 3. The van der Waals surface area contributed by atoms with E-state index in [2.05, 4.69) is 15.8 Å². The second-order valence-electron chi connectivity index (χ2n) is 7.45. The van der Waals surface area contributed by atoms with Crippen molar-refractivity contribution in [3.8, 4) is 11.4 Å². The molecule has 0 aliphatic heterocycles. The van der Waals surface area contributed by atoms with Crippen molar-refractivity contribution in [3.05, 3.63) is 111 Å². The third-order valence-electron chi connectivity index (χ3n) is 5.06. The lowest BCUT2D eigenvalue weighted by atomic mass is 10.1. The molecule has 4 aromatic rings. The Balaban J connectivity index is 1.35. The van der Waals surface area contributed by atoms with E-state index in [4.69, 9.17) is 28.6 Å². The molecule has 0 saturated carbocycles. The van der Waals surface area contributed by atoms with Gasteiger partial charge < -0.3 is 9.72 Å². The van der Waals surface area contributed by atoms with Crippen LogP contribution in [0.4, 0.5) is 0 Å². The van der Waals surface area contributed by atoms with Gasteiger partial charge in [-0.25, -0.2) is 0 Å². The number of ether oxygens (including phenoxy) is 1. The maximum absolute atomic E-state index is 12.7. The van der Waals surface area contributed by atoms with Crippen LogP contribution in [0.2, 0.25) is 5.02 Å². The predicted molar refractivity (Wildman–Crippen MR) is 133 cm³/mol. The first-order valence-electron chi connectivity index (χ1n) is 10.4. The van der Waals surface area contributed by atoms with Crippen molar-refractivity contribution in [1.82, 2.24) is 20.4 Å². The number of hydrogen-bond acceptors (Lipinski definition) is 4. The van der Waals surface area contributed by atoms with Gasteiger partial charge in [0, 0.05) is 22.5 Å². The molecule has 7 nitrogen and oxygen atoms in total. The number of imidazole rings is 1. The Hall–Kier alpha value is -3.88. The van der Waals surface area contributed by atoms with Gasteiger partial charge >= 0.3 is 0 Å². The third kappa shape index (κ3) is 5.36. The molecule has 1 aromatic heterocycles.